The Balaban J connectivity index is 1.47. The van der Waals surface area contributed by atoms with Crippen LogP contribution < -0.4 is 10.6 Å². The molecule has 0 saturated heterocycles. The number of carbonyl (C=O) groups excluding carboxylic acids is 1. The van der Waals surface area contributed by atoms with Gasteiger partial charge in [-0.15, -0.1) is 0 Å². The van der Waals surface area contributed by atoms with Gasteiger partial charge in [0.1, 0.15) is 0 Å². The lowest BCUT2D eigenvalue weighted by Crippen LogP contribution is -2.20. The molecule has 0 fully saturated rings. The molecule has 1 amide bonds. The number of aromatic amines is 1. The molecule has 142 valence electrons. The van der Waals surface area contributed by atoms with E-state index >= 15 is 0 Å². The molecular weight excluding hydrogens is 366 g/mol. The predicted molar refractivity (Wildman–Crippen MR) is 111 cm³/mol. The largest absolute Gasteiger partial charge is 0.378 e. The van der Waals surface area contributed by atoms with Crippen LogP contribution in [0.25, 0.3) is 10.9 Å². The van der Waals surface area contributed by atoms with Gasteiger partial charge in [0, 0.05) is 52.1 Å². The van der Waals surface area contributed by atoms with Crippen LogP contribution >= 0.6 is 0 Å². The van der Waals surface area contributed by atoms with Gasteiger partial charge >= 0.3 is 0 Å². The molecule has 0 saturated carbocycles. The minimum Gasteiger partial charge on any atom is -0.378 e. The maximum atomic E-state index is 12.5. The molecule has 0 spiro atoms. The molecule has 1 atom stereocenters. The van der Waals surface area contributed by atoms with E-state index in [1.54, 1.807) is 48.9 Å². The van der Waals surface area contributed by atoms with E-state index in [4.69, 9.17) is 5.26 Å². The highest BCUT2D eigenvalue weighted by Gasteiger charge is 2.21. The lowest BCUT2D eigenvalue weighted by molar-refractivity contribution is -0.124. The molecule has 7 heteroatoms. The molecule has 0 aliphatic heterocycles. The number of rotatable bonds is 5. The minimum atomic E-state index is -1.37. The number of hydrogen-bond donors (Lipinski definition) is 4. The van der Waals surface area contributed by atoms with Crippen molar-refractivity contribution in [3.05, 3.63) is 84.3 Å². The Hall–Kier alpha value is -4.15. The summed E-state index contributed by atoms with van der Waals surface area (Å²) in [6.45, 7) is 0. The van der Waals surface area contributed by atoms with E-state index < -0.39 is 12.0 Å². The summed E-state index contributed by atoms with van der Waals surface area (Å²) < 4.78 is 0. The summed E-state index contributed by atoms with van der Waals surface area (Å²) in [5.41, 5.74) is 3.96. The van der Waals surface area contributed by atoms with E-state index in [-0.39, 0.29) is 0 Å². The van der Waals surface area contributed by atoms with Crippen LogP contribution in [0.4, 0.5) is 17.1 Å². The summed E-state index contributed by atoms with van der Waals surface area (Å²) >= 11 is 0. The van der Waals surface area contributed by atoms with E-state index in [0.29, 0.717) is 22.2 Å². The van der Waals surface area contributed by atoms with Crippen molar-refractivity contribution in [1.82, 2.24) is 9.97 Å². The maximum Gasteiger partial charge on any atom is 0.257 e. The number of nitrogens with one attached hydrogen (secondary N) is 3. The zero-order valence-corrected chi connectivity index (χ0v) is 15.3. The van der Waals surface area contributed by atoms with Gasteiger partial charge in [-0.05, 0) is 54.6 Å². The SMILES string of the molecule is N#Cc1ccc2[nH]cc(C(O)C(=O)Nc3ccc(Nc4ccncc4)cc3)c2c1. The van der Waals surface area contributed by atoms with Gasteiger partial charge in [-0.25, -0.2) is 0 Å². The second kappa shape index (κ2) is 7.84. The van der Waals surface area contributed by atoms with Crippen molar-refractivity contribution < 1.29 is 9.90 Å². The number of H-pyrrole nitrogens is 1. The lowest BCUT2D eigenvalue weighted by atomic mass is 10.1. The normalized spacial score (nSPS) is 11.6. The van der Waals surface area contributed by atoms with Gasteiger partial charge in [-0.2, -0.15) is 5.26 Å². The molecule has 0 radical (unpaired) electrons. The van der Waals surface area contributed by atoms with E-state index in [1.165, 1.54) is 0 Å². The Bertz CT molecular complexity index is 1190. The van der Waals surface area contributed by atoms with Crippen LogP contribution in [0.1, 0.15) is 17.2 Å². The van der Waals surface area contributed by atoms with Crippen molar-refractivity contribution in [3.8, 4) is 6.07 Å². The first-order valence-electron chi connectivity index (χ1n) is 8.91. The Morgan fingerprint density at radius 1 is 1.03 bits per heavy atom. The summed E-state index contributed by atoms with van der Waals surface area (Å²) in [7, 11) is 0. The van der Waals surface area contributed by atoms with Crippen LogP contribution in [0.5, 0.6) is 0 Å². The van der Waals surface area contributed by atoms with Crippen LogP contribution in [0.2, 0.25) is 0 Å². The number of aliphatic hydroxyl groups is 1. The highest BCUT2D eigenvalue weighted by Crippen LogP contribution is 2.26. The van der Waals surface area contributed by atoms with E-state index in [1.807, 2.05) is 24.3 Å². The van der Waals surface area contributed by atoms with Gasteiger partial charge in [-0.3, -0.25) is 9.78 Å². The molecule has 0 bridgehead atoms. The van der Waals surface area contributed by atoms with Crippen molar-refractivity contribution in [2.24, 2.45) is 0 Å². The number of amides is 1. The Labute approximate surface area is 166 Å². The minimum absolute atomic E-state index is 0.422. The number of aliphatic hydroxyl groups excluding tert-OH is 1. The number of hydrogen-bond acceptors (Lipinski definition) is 5. The molecule has 7 nitrogen and oxygen atoms in total. The van der Waals surface area contributed by atoms with Crippen LogP contribution in [-0.4, -0.2) is 21.0 Å². The van der Waals surface area contributed by atoms with Gasteiger partial charge in [0.25, 0.3) is 5.91 Å². The summed E-state index contributed by atoms with van der Waals surface area (Å²) in [5.74, 6) is -0.553. The van der Waals surface area contributed by atoms with Gasteiger partial charge in [-0.1, -0.05) is 0 Å². The Kier molecular flexibility index (Phi) is 4.93. The van der Waals surface area contributed by atoms with Crippen molar-refractivity contribution in [3.63, 3.8) is 0 Å². The third-order valence-electron chi connectivity index (χ3n) is 4.51. The zero-order valence-electron chi connectivity index (χ0n) is 15.3. The molecule has 29 heavy (non-hydrogen) atoms. The predicted octanol–water partition coefficient (Wildman–Crippen LogP) is 3.85. The zero-order chi connectivity index (χ0) is 20.2. The van der Waals surface area contributed by atoms with Gasteiger partial charge in [0.2, 0.25) is 0 Å². The molecule has 1 unspecified atom stereocenters. The second-order valence-electron chi connectivity index (χ2n) is 6.45. The Morgan fingerprint density at radius 3 is 2.45 bits per heavy atom. The molecule has 4 N–H and O–H groups in total. The lowest BCUT2D eigenvalue weighted by Gasteiger charge is -2.12. The third kappa shape index (κ3) is 3.93. The first-order valence-corrected chi connectivity index (χ1v) is 8.91. The second-order valence-corrected chi connectivity index (χ2v) is 6.45. The number of benzene rings is 2. The number of carbonyl (C=O) groups is 1. The molecule has 2 aromatic carbocycles. The van der Waals surface area contributed by atoms with Gasteiger partial charge in [0.15, 0.2) is 6.10 Å². The first kappa shape index (κ1) is 18.2. The topological polar surface area (TPSA) is 114 Å². The summed E-state index contributed by atoms with van der Waals surface area (Å²) in [5, 5.41) is 26.2. The van der Waals surface area contributed by atoms with Crippen molar-refractivity contribution >= 4 is 33.9 Å². The molecule has 4 rings (SSSR count). The highest BCUT2D eigenvalue weighted by atomic mass is 16.3. The highest BCUT2D eigenvalue weighted by molar-refractivity contribution is 5.98. The Morgan fingerprint density at radius 2 is 1.72 bits per heavy atom. The van der Waals surface area contributed by atoms with Crippen LogP contribution in [0.15, 0.2) is 73.2 Å². The average molecular weight is 383 g/mol. The summed E-state index contributed by atoms with van der Waals surface area (Å²) in [6, 6.07) is 18.0. The fraction of sp³-hybridized carbons (Fsp3) is 0.0455. The molecule has 2 aromatic heterocycles. The maximum absolute atomic E-state index is 12.5. The van der Waals surface area contributed by atoms with Gasteiger partial charge in [0.05, 0.1) is 11.6 Å². The molecule has 0 aliphatic carbocycles. The third-order valence-corrected chi connectivity index (χ3v) is 4.51. The van der Waals surface area contributed by atoms with E-state index in [2.05, 4.69) is 26.7 Å². The number of nitriles is 1. The first-order chi connectivity index (χ1) is 14.1. The van der Waals surface area contributed by atoms with Crippen molar-refractivity contribution in [2.45, 2.75) is 6.10 Å². The smallest absolute Gasteiger partial charge is 0.257 e. The molecule has 2 heterocycles. The number of anilines is 3. The summed E-state index contributed by atoms with van der Waals surface area (Å²) in [6.07, 6.45) is 3.61. The van der Waals surface area contributed by atoms with Crippen molar-refractivity contribution in [2.75, 3.05) is 10.6 Å². The number of pyridine rings is 1. The quantitative estimate of drug-likeness (QED) is 0.418. The number of fused-ring (bicyclic) bond motifs is 1. The average Bonchev–Trinajstić information content (AvgIpc) is 3.18. The van der Waals surface area contributed by atoms with Crippen LogP contribution in [-0.2, 0) is 4.79 Å². The molecule has 4 aromatic rings. The summed E-state index contributed by atoms with van der Waals surface area (Å²) in [4.78, 5) is 19.5. The fourth-order valence-corrected chi connectivity index (χ4v) is 3.03. The molecular formula is C22H17N5O2. The van der Waals surface area contributed by atoms with Crippen LogP contribution in [0, 0.1) is 11.3 Å². The number of nitrogens with zero attached hydrogens (tertiary/aromatic N) is 2. The standard InChI is InChI=1S/C22H17N5O2/c23-12-14-1-6-20-18(11-14)19(13-25-20)21(28)22(29)27-16-4-2-15(3-5-16)26-17-7-9-24-10-8-17/h1-11,13,21,25,28H,(H,24,26)(H,27,29). The fourth-order valence-electron chi connectivity index (χ4n) is 3.03. The van der Waals surface area contributed by atoms with E-state index in [0.717, 1.165) is 16.9 Å². The van der Waals surface area contributed by atoms with E-state index in [9.17, 15) is 9.90 Å². The number of aromatic nitrogens is 2. The van der Waals surface area contributed by atoms with Gasteiger partial charge < -0.3 is 20.7 Å². The van der Waals surface area contributed by atoms with Crippen LogP contribution in [0.3, 0.4) is 0 Å². The monoisotopic (exact) mass is 383 g/mol. The van der Waals surface area contributed by atoms with Crippen molar-refractivity contribution in [1.29, 1.82) is 5.26 Å². The molecule has 0 aliphatic rings.